The van der Waals surface area contributed by atoms with Gasteiger partial charge in [-0.25, -0.2) is 0 Å². The predicted molar refractivity (Wildman–Crippen MR) is 72.8 cm³/mol. The summed E-state index contributed by atoms with van der Waals surface area (Å²) in [6.45, 7) is 4.27. The fourth-order valence-electron chi connectivity index (χ4n) is 3.08. The third kappa shape index (κ3) is 4.44. The molecule has 1 saturated heterocycles. The van der Waals surface area contributed by atoms with E-state index in [-0.39, 0.29) is 12.5 Å². The molecule has 0 aromatic carbocycles. The summed E-state index contributed by atoms with van der Waals surface area (Å²) in [7, 11) is 0. The van der Waals surface area contributed by atoms with Crippen LogP contribution in [0.5, 0.6) is 0 Å². The first-order valence-electron chi connectivity index (χ1n) is 7.48. The highest BCUT2D eigenvalue weighted by Crippen LogP contribution is 2.28. The van der Waals surface area contributed by atoms with Crippen molar-refractivity contribution in [2.45, 2.75) is 25.7 Å². The number of aliphatic hydroxyl groups is 1. The summed E-state index contributed by atoms with van der Waals surface area (Å²) in [6, 6.07) is 0. The van der Waals surface area contributed by atoms with E-state index < -0.39 is 0 Å². The molecular weight excluding hydrogens is 244 g/mol. The number of ether oxygens (including phenoxy) is 1. The first kappa shape index (κ1) is 14.8. The Kier molecular flexibility index (Phi) is 6.07. The summed E-state index contributed by atoms with van der Waals surface area (Å²) in [5.41, 5.74) is 0. The molecule has 5 nitrogen and oxygen atoms in total. The van der Waals surface area contributed by atoms with E-state index in [1.54, 1.807) is 0 Å². The lowest BCUT2D eigenvalue weighted by molar-refractivity contribution is -0.134. The molecule has 2 fully saturated rings. The molecule has 1 aliphatic carbocycles. The van der Waals surface area contributed by atoms with Gasteiger partial charge in [-0.1, -0.05) is 12.8 Å². The monoisotopic (exact) mass is 270 g/mol. The van der Waals surface area contributed by atoms with Crippen LogP contribution in [0.4, 0.5) is 0 Å². The number of hydrogen-bond donors (Lipinski definition) is 2. The number of carbonyl (C=O) groups is 1. The lowest BCUT2D eigenvalue weighted by Crippen LogP contribution is -2.45. The normalized spacial score (nSPS) is 28.4. The minimum atomic E-state index is 0.166. The topological polar surface area (TPSA) is 61.8 Å². The quantitative estimate of drug-likeness (QED) is 0.751. The average molecular weight is 270 g/mol. The smallest absolute Gasteiger partial charge is 0.236 e. The third-order valence-electron chi connectivity index (χ3n) is 4.35. The van der Waals surface area contributed by atoms with Crippen LogP contribution < -0.4 is 5.32 Å². The Hall–Kier alpha value is -0.650. The summed E-state index contributed by atoms with van der Waals surface area (Å²) in [4.78, 5) is 13.8. The van der Waals surface area contributed by atoms with Gasteiger partial charge in [-0.3, -0.25) is 4.79 Å². The number of nitrogens with zero attached hydrogens (tertiary/aromatic N) is 1. The third-order valence-corrected chi connectivity index (χ3v) is 4.35. The first-order valence-corrected chi connectivity index (χ1v) is 7.48. The van der Waals surface area contributed by atoms with Crippen molar-refractivity contribution in [3.63, 3.8) is 0 Å². The second kappa shape index (κ2) is 7.82. The fourth-order valence-corrected chi connectivity index (χ4v) is 3.08. The molecule has 110 valence electrons. The summed E-state index contributed by atoms with van der Waals surface area (Å²) >= 11 is 0. The van der Waals surface area contributed by atoms with Gasteiger partial charge in [0, 0.05) is 19.7 Å². The summed E-state index contributed by atoms with van der Waals surface area (Å²) in [6.07, 6.45) is 4.78. The van der Waals surface area contributed by atoms with Crippen LogP contribution in [0.2, 0.25) is 0 Å². The van der Waals surface area contributed by atoms with Gasteiger partial charge in [0.25, 0.3) is 0 Å². The van der Waals surface area contributed by atoms with Crippen LogP contribution in [0.25, 0.3) is 0 Å². The summed E-state index contributed by atoms with van der Waals surface area (Å²) in [5.74, 6) is 1.11. The lowest BCUT2D eigenvalue weighted by Gasteiger charge is -2.31. The Balaban J connectivity index is 1.65. The van der Waals surface area contributed by atoms with Crippen LogP contribution in [-0.4, -0.2) is 61.9 Å². The predicted octanol–water partition coefficient (Wildman–Crippen LogP) is 0.234. The minimum Gasteiger partial charge on any atom is -0.396 e. The van der Waals surface area contributed by atoms with Crippen molar-refractivity contribution < 1.29 is 14.6 Å². The molecule has 1 saturated carbocycles. The van der Waals surface area contributed by atoms with Crippen LogP contribution in [0.15, 0.2) is 0 Å². The number of rotatable bonds is 5. The zero-order chi connectivity index (χ0) is 13.5. The van der Waals surface area contributed by atoms with Gasteiger partial charge in [-0.2, -0.15) is 0 Å². The Morgan fingerprint density at radius 1 is 1.21 bits per heavy atom. The van der Waals surface area contributed by atoms with E-state index in [1.807, 2.05) is 4.90 Å². The molecule has 2 unspecified atom stereocenters. The van der Waals surface area contributed by atoms with Gasteiger partial charge in [0.1, 0.15) is 0 Å². The number of aliphatic hydroxyl groups excluding tert-OH is 1. The molecule has 0 aromatic heterocycles. The van der Waals surface area contributed by atoms with Gasteiger partial charge in [0.15, 0.2) is 0 Å². The number of carbonyl (C=O) groups excluding carboxylic acids is 1. The molecular formula is C14H26N2O3. The molecule has 2 N–H and O–H groups in total. The zero-order valence-corrected chi connectivity index (χ0v) is 11.6. The second-order valence-corrected chi connectivity index (χ2v) is 5.61. The lowest BCUT2D eigenvalue weighted by atomic mass is 9.79. The van der Waals surface area contributed by atoms with E-state index >= 15 is 0 Å². The van der Waals surface area contributed by atoms with Crippen molar-refractivity contribution in [1.29, 1.82) is 0 Å². The molecule has 2 aliphatic rings. The molecule has 5 heteroatoms. The van der Waals surface area contributed by atoms with Gasteiger partial charge < -0.3 is 20.1 Å². The maximum absolute atomic E-state index is 11.9. The standard InChI is InChI=1S/C14H26N2O3/c17-11-13-4-2-1-3-12(13)9-15-10-14(18)16-5-7-19-8-6-16/h12-13,15,17H,1-11H2. The molecule has 0 bridgehead atoms. The number of hydrogen-bond acceptors (Lipinski definition) is 4. The average Bonchev–Trinajstić information content (AvgIpc) is 2.48. The van der Waals surface area contributed by atoms with Crippen molar-refractivity contribution >= 4 is 5.91 Å². The van der Waals surface area contributed by atoms with E-state index in [2.05, 4.69) is 5.32 Å². The van der Waals surface area contributed by atoms with Crippen molar-refractivity contribution in [2.75, 3.05) is 46.0 Å². The van der Waals surface area contributed by atoms with E-state index in [4.69, 9.17) is 4.74 Å². The summed E-state index contributed by atoms with van der Waals surface area (Å²) < 4.78 is 5.24. The van der Waals surface area contributed by atoms with Crippen LogP contribution in [0.1, 0.15) is 25.7 Å². The molecule has 2 rings (SSSR count). The number of morpholine rings is 1. The van der Waals surface area contributed by atoms with Crippen molar-refractivity contribution in [1.82, 2.24) is 10.2 Å². The maximum atomic E-state index is 11.9. The van der Waals surface area contributed by atoms with Crippen molar-refractivity contribution in [3.8, 4) is 0 Å². The van der Waals surface area contributed by atoms with E-state index in [0.717, 1.165) is 13.0 Å². The van der Waals surface area contributed by atoms with Gasteiger partial charge in [0.05, 0.1) is 19.8 Å². The van der Waals surface area contributed by atoms with Crippen molar-refractivity contribution in [3.05, 3.63) is 0 Å². The highest BCUT2D eigenvalue weighted by molar-refractivity contribution is 5.78. The van der Waals surface area contributed by atoms with Gasteiger partial charge in [0.2, 0.25) is 5.91 Å². The molecule has 19 heavy (non-hydrogen) atoms. The summed E-state index contributed by atoms with van der Waals surface area (Å²) in [5, 5.41) is 12.6. The zero-order valence-electron chi connectivity index (χ0n) is 11.6. The van der Waals surface area contributed by atoms with Gasteiger partial charge in [-0.05, 0) is 31.2 Å². The highest BCUT2D eigenvalue weighted by Gasteiger charge is 2.24. The van der Waals surface area contributed by atoms with Crippen LogP contribution in [0.3, 0.4) is 0 Å². The van der Waals surface area contributed by atoms with Crippen LogP contribution in [0, 0.1) is 11.8 Å². The SMILES string of the molecule is O=C(CNCC1CCCCC1CO)N1CCOCC1. The first-order chi connectivity index (χ1) is 9.31. The molecule has 1 heterocycles. The Morgan fingerprint density at radius 3 is 2.58 bits per heavy atom. The Labute approximate surface area is 115 Å². The maximum Gasteiger partial charge on any atom is 0.236 e. The van der Waals surface area contributed by atoms with E-state index in [0.29, 0.717) is 44.7 Å². The highest BCUT2D eigenvalue weighted by atomic mass is 16.5. The van der Waals surface area contributed by atoms with Crippen LogP contribution >= 0.6 is 0 Å². The van der Waals surface area contributed by atoms with Crippen molar-refractivity contribution in [2.24, 2.45) is 11.8 Å². The largest absolute Gasteiger partial charge is 0.396 e. The number of nitrogens with one attached hydrogen (secondary N) is 1. The number of amides is 1. The van der Waals surface area contributed by atoms with Gasteiger partial charge >= 0.3 is 0 Å². The molecule has 0 radical (unpaired) electrons. The van der Waals surface area contributed by atoms with E-state index in [1.165, 1.54) is 19.3 Å². The Morgan fingerprint density at radius 2 is 1.89 bits per heavy atom. The van der Waals surface area contributed by atoms with Crippen LogP contribution in [-0.2, 0) is 9.53 Å². The minimum absolute atomic E-state index is 0.166. The molecule has 1 aliphatic heterocycles. The molecule has 0 aromatic rings. The fraction of sp³-hybridized carbons (Fsp3) is 0.929. The molecule has 2 atom stereocenters. The second-order valence-electron chi connectivity index (χ2n) is 5.61. The van der Waals surface area contributed by atoms with E-state index in [9.17, 15) is 9.90 Å². The molecule has 0 spiro atoms. The molecule has 1 amide bonds. The Bertz CT molecular complexity index is 280. The van der Waals surface area contributed by atoms with Gasteiger partial charge in [-0.15, -0.1) is 0 Å².